The van der Waals surface area contributed by atoms with Crippen molar-refractivity contribution in [2.45, 2.75) is 18.9 Å². The van der Waals surface area contributed by atoms with Gasteiger partial charge in [-0.25, -0.2) is 0 Å². The zero-order valence-electron chi connectivity index (χ0n) is 6.81. The van der Waals surface area contributed by atoms with E-state index in [0.29, 0.717) is 6.04 Å². The second-order valence-corrected chi connectivity index (χ2v) is 2.83. The van der Waals surface area contributed by atoms with Gasteiger partial charge in [-0.1, -0.05) is 0 Å². The highest BCUT2D eigenvalue weighted by molar-refractivity contribution is 5.85. The zero-order chi connectivity index (χ0) is 7.52. The monoisotopic (exact) mass is 188 g/mol. The van der Waals surface area contributed by atoms with Crippen molar-refractivity contribution >= 4 is 12.4 Å². The largest absolute Gasteiger partial charge is 0.317 e. The maximum absolute atomic E-state index is 4.12. The first-order valence-corrected chi connectivity index (χ1v) is 4.03. The topological polar surface area (TPSA) is 42.7 Å². The second kappa shape index (κ2) is 4.42. The lowest BCUT2D eigenvalue weighted by Gasteiger charge is -2.21. The third-order valence-electron chi connectivity index (χ3n) is 2.07. The Morgan fingerprint density at radius 3 is 2.33 bits per heavy atom. The SMILES string of the molecule is Cl.c1cnn(C2CCNCC2)n1. The molecule has 2 heterocycles. The van der Waals surface area contributed by atoms with Crippen LogP contribution in [-0.2, 0) is 0 Å². The summed E-state index contributed by atoms with van der Waals surface area (Å²) in [5.74, 6) is 0. The Morgan fingerprint density at radius 1 is 1.17 bits per heavy atom. The molecule has 0 unspecified atom stereocenters. The summed E-state index contributed by atoms with van der Waals surface area (Å²) in [5.41, 5.74) is 0. The predicted octanol–water partition coefficient (Wildman–Crippen LogP) is 0.624. The van der Waals surface area contributed by atoms with Crippen LogP contribution in [0.3, 0.4) is 0 Å². The van der Waals surface area contributed by atoms with Crippen LogP contribution in [0.2, 0.25) is 0 Å². The van der Waals surface area contributed by atoms with Crippen molar-refractivity contribution in [3.05, 3.63) is 12.4 Å². The van der Waals surface area contributed by atoms with E-state index in [9.17, 15) is 0 Å². The summed E-state index contributed by atoms with van der Waals surface area (Å²) in [6.45, 7) is 2.18. The fraction of sp³-hybridized carbons (Fsp3) is 0.714. The van der Waals surface area contributed by atoms with Crippen LogP contribution in [0.4, 0.5) is 0 Å². The van der Waals surface area contributed by atoms with Crippen LogP contribution >= 0.6 is 12.4 Å². The predicted molar refractivity (Wildman–Crippen MR) is 48.4 cm³/mol. The van der Waals surface area contributed by atoms with Crippen LogP contribution < -0.4 is 5.32 Å². The van der Waals surface area contributed by atoms with Crippen LogP contribution in [0.25, 0.3) is 0 Å². The minimum Gasteiger partial charge on any atom is -0.317 e. The molecular weight excluding hydrogens is 176 g/mol. The van der Waals surface area contributed by atoms with E-state index in [2.05, 4.69) is 15.5 Å². The molecule has 1 N–H and O–H groups in total. The van der Waals surface area contributed by atoms with E-state index in [1.165, 1.54) is 0 Å². The van der Waals surface area contributed by atoms with Gasteiger partial charge >= 0.3 is 0 Å². The number of rotatable bonds is 1. The van der Waals surface area contributed by atoms with Gasteiger partial charge in [0.25, 0.3) is 0 Å². The van der Waals surface area contributed by atoms with E-state index in [-0.39, 0.29) is 12.4 Å². The molecule has 4 nitrogen and oxygen atoms in total. The van der Waals surface area contributed by atoms with Gasteiger partial charge in [0.05, 0.1) is 18.4 Å². The third kappa shape index (κ3) is 1.95. The van der Waals surface area contributed by atoms with Crippen LogP contribution in [0.5, 0.6) is 0 Å². The number of hydrogen-bond donors (Lipinski definition) is 1. The minimum atomic E-state index is 0. The lowest BCUT2D eigenvalue weighted by molar-refractivity contribution is 0.314. The number of nitrogens with one attached hydrogen (secondary N) is 1. The highest BCUT2D eigenvalue weighted by Gasteiger charge is 2.14. The second-order valence-electron chi connectivity index (χ2n) is 2.83. The fourth-order valence-corrected chi connectivity index (χ4v) is 1.45. The third-order valence-corrected chi connectivity index (χ3v) is 2.07. The average Bonchev–Trinajstić information content (AvgIpc) is 2.58. The summed E-state index contributed by atoms with van der Waals surface area (Å²) >= 11 is 0. The molecule has 68 valence electrons. The molecule has 0 bridgehead atoms. The molecule has 1 saturated heterocycles. The van der Waals surface area contributed by atoms with Crippen LogP contribution in [0.15, 0.2) is 12.4 Å². The fourth-order valence-electron chi connectivity index (χ4n) is 1.45. The van der Waals surface area contributed by atoms with Crippen molar-refractivity contribution in [1.82, 2.24) is 20.3 Å². The molecule has 1 aliphatic heterocycles. The molecule has 0 aliphatic carbocycles. The minimum absolute atomic E-state index is 0. The molecule has 0 aromatic carbocycles. The van der Waals surface area contributed by atoms with E-state index < -0.39 is 0 Å². The summed E-state index contributed by atoms with van der Waals surface area (Å²) in [5, 5.41) is 11.5. The van der Waals surface area contributed by atoms with Crippen LogP contribution in [-0.4, -0.2) is 28.1 Å². The first-order valence-electron chi connectivity index (χ1n) is 4.03. The molecule has 1 aliphatic rings. The first kappa shape index (κ1) is 9.48. The van der Waals surface area contributed by atoms with Gasteiger partial charge in [-0.2, -0.15) is 15.0 Å². The van der Waals surface area contributed by atoms with E-state index in [0.717, 1.165) is 25.9 Å². The normalized spacial score (nSPS) is 18.7. The van der Waals surface area contributed by atoms with Crippen molar-refractivity contribution in [3.8, 4) is 0 Å². The molecule has 0 radical (unpaired) electrons. The quantitative estimate of drug-likeness (QED) is 0.703. The number of piperidine rings is 1. The van der Waals surface area contributed by atoms with Crippen molar-refractivity contribution in [3.63, 3.8) is 0 Å². The Hall–Kier alpha value is -0.610. The van der Waals surface area contributed by atoms with Gasteiger partial charge in [0.1, 0.15) is 0 Å². The number of aromatic nitrogens is 3. The molecule has 1 aromatic rings. The standard InChI is InChI=1S/C7H12N4.ClH/c1-3-8-4-2-7(1)11-9-5-6-10-11;/h5-8H,1-4H2;1H. The Bertz CT molecular complexity index is 205. The molecule has 0 spiro atoms. The van der Waals surface area contributed by atoms with Crippen molar-refractivity contribution < 1.29 is 0 Å². The Morgan fingerprint density at radius 2 is 1.75 bits per heavy atom. The molecule has 5 heteroatoms. The van der Waals surface area contributed by atoms with Gasteiger partial charge in [-0.15, -0.1) is 12.4 Å². The van der Waals surface area contributed by atoms with Crippen molar-refractivity contribution in [1.29, 1.82) is 0 Å². The van der Waals surface area contributed by atoms with E-state index in [1.807, 2.05) is 4.80 Å². The van der Waals surface area contributed by atoms with Crippen molar-refractivity contribution in [2.75, 3.05) is 13.1 Å². The highest BCUT2D eigenvalue weighted by Crippen LogP contribution is 2.14. The van der Waals surface area contributed by atoms with Crippen LogP contribution in [0.1, 0.15) is 18.9 Å². The lowest BCUT2D eigenvalue weighted by atomic mass is 10.1. The van der Waals surface area contributed by atoms with Gasteiger partial charge in [0, 0.05) is 0 Å². The number of hydrogen-bond acceptors (Lipinski definition) is 3. The smallest absolute Gasteiger partial charge is 0.0740 e. The molecule has 2 rings (SSSR count). The Balaban J connectivity index is 0.000000720. The Kier molecular flexibility index (Phi) is 3.49. The van der Waals surface area contributed by atoms with Crippen LogP contribution in [0, 0.1) is 0 Å². The van der Waals surface area contributed by atoms with E-state index in [4.69, 9.17) is 0 Å². The average molecular weight is 189 g/mol. The molecule has 12 heavy (non-hydrogen) atoms. The van der Waals surface area contributed by atoms with E-state index >= 15 is 0 Å². The molecule has 1 aromatic heterocycles. The Labute approximate surface area is 77.7 Å². The summed E-state index contributed by atoms with van der Waals surface area (Å²) in [4.78, 5) is 1.82. The molecule has 0 saturated carbocycles. The van der Waals surface area contributed by atoms with Gasteiger partial charge < -0.3 is 5.32 Å². The maximum Gasteiger partial charge on any atom is 0.0740 e. The van der Waals surface area contributed by atoms with Gasteiger partial charge in [-0.3, -0.25) is 0 Å². The first-order chi connectivity index (χ1) is 5.47. The molecule has 0 amide bonds. The summed E-state index contributed by atoms with van der Waals surface area (Å²) < 4.78 is 0. The zero-order valence-corrected chi connectivity index (χ0v) is 7.63. The maximum atomic E-state index is 4.12. The molecular formula is C7H13ClN4. The lowest BCUT2D eigenvalue weighted by Crippen LogP contribution is -2.30. The highest BCUT2D eigenvalue weighted by atomic mass is 35.5. The van der Waals surface area contributed by atoms with Gasteiger partial charge in [0.2, 0.25) is 0 Å². The molecule has 1 fully saturated rings. The number of nitrogens with zero attached hydrogens (tertiary/aromatic N) is 3. The van der Waals surface area contributed by atoms with E-state index in [1.54, 1.807) is 12.4 Å². The van der Waals surface area contributed by atoms with Gasteiger partial charge in [0.15, 0.2) is 0 Å². The number of halogens is 1. The van der Waals surface area contributed by atoms with Gasteiger partial charge in [-0.05, 0) is 25.9 Å². The summed E-state index contributed by atoms with van der Waals surface area (Å²) in [6.07, 6.45) is 5.77. The summed E-state index contributed by atoms with van der Waals surface area (Å²) in [6, 6.07) is 0.520. The summed E-state index contributed by atoms with van der Waals surface area (Å²) in [7, 11) is 0. The van der Waals surface area contributed by atoms with Crippen molar-refractivity contribution in [2.24, 2.45) is 0 Å². The molecule has 0 atom stereocenters.